The third-order valence-corrected chi connectivity index (χ3v) is 5.34. The van der Waals surface area contributed by atoms with Gasteiger partial charge in [0.1, 0.15) is 0 Å². The lowest BCUT2D eigenvalue weighted by Gasteiger charge is -2.38. The predicted octanol–water partition coefficient (Wildman–Crippen LogP) is 5.00. The van der Waals surface area contributed by atoms with Crippen LogP contribution in [0, 0.1) is 0 Å². The summed E-state index contributed by atoms with van der Waals surface area (Å²) >= 11 is 8.07. The van der Waals surface area contributed by atoms with Crippen molar-refractivity contribution >= 4 is 22.9 Å². The monoisotopic (exact) mass is 291 g/mol. The van der Waals surface area contributed by atoms with Crippen LogP contribution >= 0.6 is 22.9 Å². The summed E-state index contributed by atoms with van der Waals surface area (Å²) in [4.78, 5) is 1.42. The maximum Gasteiger partial charge on any atom is 0.0440 e. The number of halogens is 1. The second-order valence-electron chi connectivity index (χ2n) is 5.29. The summed E-state index contributed by atoms with van der Waals surface area (Å²) in [5.41, 5.74) is 1.31. The standard InChI is InChI=1S/C16H18ClNS/c1-11(16-7-4-8-19-16)18-13-9-12(10-13)14-5-2-3-6-15(14)17/h2-8,11-13,18H,9-10H2,1H3/t11-,12?,13?/m0/s1. The molecule has 1 nitrogen and oxygen atoms in total. The van der Waals surface area contributed by atoms with Crippen molar-refractivity contribution in [2.45, 2.75) is 37.8 Å². The number of nitrogens with one attached hydrogen (secondary N) is 1. The molecule has 0 spiro atoms. The SMILES string of the molecule is C[C@H](NC1CC(c2ccccc2Cl)C1)c1cccs1. The Morgan fingerprint density at radius 1 is 1.21 bits per heavy atom. The largest absolute Gasteiger partial charge is 0.307 e. The van der Waals surface area contributed by atoms with Gasteiger partial charge in [0.25, 0.3) is 0 Å². The van der Waals surface area contributed by atoms with Crippen LogP contribution < -0.4 is 5.32 Å². The van der Waals surface area contributed by atoms with Crippen LogP contribution in [0.3, 0.4) is 0 Å². The number of benzene rings is 1. The zero-order valence-electron chi connectivity index (χ0n) is 11.0. The van der Waals surface area contributed by atoms with E-state index in [4.69, 9.17) is 11.6 Å². The average molecular weight is 292 g/mol. The Labute approximate surface area is 123 Å². The topological polar surface area (TPSA) is 12.0 Å². The molecule has 3 rings (SSSR count). The second-order valence-corrected chi connectivity index (χ2v) is 6.68. The van der Waals surface area contributed by atoms with Crippen LogP contribution in [0.5, 0.6) is 0 Å². The Balaban J connectivity index is 1.55. The minimum Gasteiger partial charge on any atom is -0.307 e. The van der Waals surface area contributed by atoms with Gasteiger partial charge in [0.2, 0.25) is 0 Å². The normalized spacial score (nSPS) is 23.9. The summed E-state index contributed by atoms with van der Waals surface area (Å²) in [6.07, 6.45) is 2.39. The van der Waals surface area contributed by atoms with Gasteiger partial charge in [-0.05, 0) is 48.8 Å². The van der Waals surface area contributed by atoms with Crippen LogP contribution in [0.1, 0.15) is 42.2 Å². The number of rotatable bonds is 4. The fourth-order valence-electron chi connectivity index (χ4n) is 2.79. The first-order valence-corrected chi connectivity index (χ1v) is 8.03. The molecule has 0 amide bonds. The highest BCUT2D eigenvalue weighted by atomic mass is 35.5. The Morgan fingerprint density at radius 3 is 2.68 bits per heavy atom. The van der Waals surface area contributed by atoms with Crippen molar-refractivity contribution in [2.75, 3.05) is 0 Å². The molecule has 0 radical (unpaired) electrons. The van der Waals surface area contributed by atoms with Crippen molar-refractivity contribution < 1.29 is 0 Å². The van der Waals surface area contributed by atoms with Gasteiger partial charge in [0, 0.05) is 22.0 Å². The highest BCUT2D eigenvalue weighted by Gasteiger charge is 2.32. The Kier molecular flexibility index (Phi) is 3.92. The van der Waals surface area contributed by atoms with E-state index in [9.17, 15) is 0 Å². The molecule has 1 saturated carbocycles. The van der Waals surface area contributed by atoms with E-state index in [2.05, 4.69) is 41.9 Å². The van der Waals surface area contributed by atoms with E-state index in [-0.39, 0.29) is 0 Å². The fraction of sp³-hybridized carbons (Fsp3) is 0.375. The lowest BCUT2D eigenvalue weighted by atomic mass is 9.75. The van der Waals surface area contributed by atoms with Gasteiger partial charge in [-0.3, -0.25) is 0 Å². The number of hydrogen-bond acceptors (Lipinski definition) is 2. The predicted molar refractivity (Wildman–Crippen MR) is 83.1 cm³/mol. The molecule has 0 bridgehead atoms. The Morgan fingerprint density at radius 2 is 2.00 bits per heavy atom. The molecule has 19 heavy (non-hydrogen) atoms. The third kappa shape index (κ3) is 2.86. The lowest BCUT2D eigenvalue weighted by Crippen LogP contribution is -2.41. The molecule has 100 valence electrons. The molecular weight excluding hydrogens is 274 g/mol. The minimum absolute atomic E-state index is 0.456. The molecule has 2 aromatic rings. The van der Waals surface area contributed by atoms with E-state index in [0.29, 0.717) is 18.0 Å². The van der Waals surface area contributed by atoms with Crippen LogP contribution in [-0.2, 0) is 0 Å². The van der Waals surface area contributed by atoms with Crippen molar-refractivity contribution in [1.82, 2.24) is 5.32 Å². The molecule has 1 aromatic carbocycles. The van der Waals surface area contributed by atoms with Gasteiger partial charge in [-0.25, -0.2) is 0 Å². The fourth-order valence-corrected chi connectivity index (χ4v) is 3.82. The molecule has 1 aliphatic rings. The van der Waals surface area contributed by atoms with Crippen LogP contribution in [-0.4, -0.2) is 6.04 Å². The maximum atomic E-state index is 6.25. The van der Waals surface area contributed by atoms with E-state index in [1.165, 1.54) is 23.3 Å². The zero-order chi connectivity index (χ0) is 13.2. The summed E-state index contributed by atoms with van der Waals surface area (Å²) < 4.78 is 0. The van der Waals surface area contributed by atoms with Crippen molar-refractivity contribution in [1.29, 1.82) is 0 Å². The van der Waals surface area contributed by atoms with Crippen molar-refractivity contribution in [2.24, 2.45) is 0 Å². The molecular formula is C16H18ClNS. The molecule has 1 N–H and O–H groups in total. The number of hydrogen-bond donors (Lipinski definition) is 1. The molecule has 0 aliphatic heterocycles. The maximum absolute atomic E-state index is 6.25. The first kappa shape index (κ1) is 13.2. The van der Waals surface area contributed by atoms with Gasteiger partial charge in [-0.15, -0.1) is 11.3 Å². The van der Waals surface area contributed by atoms with Gasteiger partial charge in [-0.1, -0.05) is 35.9 Å². The van der Waals surface area contributed by atoms with Gasteiger partial charge < -0.3 is 5.32 Å². The minimum atomic E-state index is 0.456. The lowest BCUT2D eigenvalue weighted by molar-refractivity contribution is 0.272. The van der Waals surface area contributed by atoms with E-state index < -0.39 is 0 Å². The van der Waals surface area contributed by atoms with E-state index in [0.717, 1.165) is 5.02 Å². The van der Waals surface area contributed by atoms with Crippen LogP contribution in [0.15, 0.2) is 41.8 Å². The molecule has 0 unspecified atom stereocenters. The zero-order valence-corrected chi connectivity index (χ0v) is 12.5. The molecule has 1 aromatic heterocycles. The smallest absolute Gasteiger partial charge is 0.0440 e. The van der Waals surface area contributed by atoms with Crippen LogP contribution in [0.25, 0.3) is 0 Å². The van der Waals surface area contributed by atoms with E-state index >= 15 is 0 Å². The van der Waals surface area contributed by atoms with Gasteiger partial charge in [0.05, 0.1) is 0 Å². The average Bonchev–Trinajstić information content (AvgIpc) is 2.88. The summed E-state index contributed by atoms with van der Waals surface area (Å²) in [5.74, 6) is 0.627. The highest BCUT2D eigenvalue weighted by Crippen LogP contribution is 2.40. The van der Waals surface area contributed by atoms with Crippen molar-refractivity contribution in [3.8, 4) is 0 Å². The summed E-state index contributed by atoms with van der Waals surface area (Å²) in [7, 11) is 0. The van der Waals surface area contributed by atoms with Crippen LogP contribution in [0.2, 0.25) is 5.02 Å². The van der Waals surface area contributed by atoms with Gasteiger partial charge >= 0.3 is 0 Å². The third-order valence-electron chi connectivity index (χ3n) is 3.94. The molecule has 1 fully saturated rings. The van der Waals surface area contributed by atoms with Crippen LogP contribution in [0.4, 0.5) is 0 Å². The highest BCUT2D eigenvalue weighted by molar-refractivity contribution is 7.10. The quantitative estimate of drug-likeness (QED) is 0.836. The van der Waals surface area contributed by atoms with Crippen molar-refractivity contribution in [3.05, 3.63) is 57.2 Å². The van der Waals surface area contributed by atoms with Gasteiger partial charge in [-0.2, -0.15) is 0 Å². The van der Waals surface area contributed by atoms with Gasteiger partial charge in [0.15, 0.2) is 0 Å². The molecule has 0 saturated heterocycles. The van der Waals surface area contributed by atoms with E-state index in [1.807, 2.05) is 23.5 Å². The van der Waals surface area contributed by atoms with E-state index in [1.54, 1.807) is 0 Å². The first-order valence-electron chi connectivity index (χ1n) is 6.78. The Bertz CT molecular complexity index is 531. The molecule has 1 aliphatic carbocycles. The molecule has 1 heterocycles. The molecule has 3 heteroatoms. The summed E-state index contributed by atoms with van der Waals surface area (Å²) in [5, 5.41) is 6.76. The molecule has 1 atom stereocenters. The van der Waals surface area contributed by atoms with Crippen molar-refractivity contribution in [3.63, 3.8) is 0 Å². The summed E-state index contributed by atoms with van der Waals surface area (Å²) in [6.45, 7) is 2.24. The Hall–Kier alpha value is -0.830. The first-order chi connectivity index (χ1) is 9.24. The second kappa shape index (κ2) is 5.66. The number of thiophene rings is 1. The summed E-state index contributed by atoms with van der Waals surface area (Å²) in [6, 6.07) is 13.6.